The zero-order valence-corrected chi connectivity index (χ0v) is 9.30. The van der Waals surface area contributed by atoms with E-state index in [9.17, 15) is 10.2 Å². The molecule has 2 aromatic heterocycles. The fourth-order valence-electron chi connectivity index (χ4n) is 1.36. The number of anilines is 2. The Morgan fingerprint density at radius 2 is 2.12 bits per heavy atom. The lowest BCUT2D eigenvalue weighted by Gasteiger charge is -2.26. The van der Waals surface area contributed by atoms with Crippen LogP contribution in [-0.4, -0.2) is 48.9 Å². The highest BCUT2D eigenvalue weighted by Crippen LogP contribution is 2.20. The summed E-state index contributed by atoms with van der Waals surface area (Å²) in [5, 5.41) is 21.4. The van der Waals surface area contributed by atoms with Gasteiger partial charge in [0.2, 0.25) is 5.95 Å². The molecule has 92 valence electrons. The number of imidazole rings is 1. The molecule has 0 unspecified atom stereocenters. The van der Waals surface area contributed by atoms with Crippen molar-refractivity contribution in [2.45, 2.75) is 12.5 Å². The fourth-order valence-corrected chi connectivity index (χ4v) is 1.36. The monoisotopic (exact) mass is 238 g/mol. The van der Waals surface area contributed by atoms with Gasteiger partial charge in [0, 0.05) is 0 Å². The number of H-pyrrole nitrogens is 1. The van der Waals surface area contributed by atoms with E-state index in [0.29, 0.717) is 17.0 Å². The van der Waals surface area contributed by atoms with Gasteiger partial charge in [-0.15, -0.1) is 0 Å². The lowest BCUT2D eigenvalue weighted by molar-refractivity contribution is 0.147. The van der Waals surface area contributed by atoms with Crippen molar-refractivity contribution in [2.24, 2.45) is 0 Å². The minimum Gasteiger partial charge on any atom is -0.394 e. The molecule has 2 aromatic rings. The van der Waals surface area contributed by atoms with Crippen molar-refractivity contribution in [1.82, 2.24) is 19.9 Å². The van der Waals surface area contributed by atoms with E-state index < -0.39 is 5.54 Å². The van der Waals surface area contributed by atoms with E-state index in [4.69, 9.17) is 5.73 Å². The van der Waals surface area contributed by atoms with Crippen LogP contribution in [0.3, 0.4) is 0 Å². The van der Waals surface area contributed by atoms with Gasteiger partial charge in [-0.25, -0.2) is 4.98 Å². The highest BCUT2D eigenvalue weighted by atomic mass is 16.3. The Labute approximate surface area is 96.9 Å². The van der Waals surface area contributed by atoms with Gasteiger partial charge in [-0.1, -0.05) is 0 Å². The zero-order valence-electron chi connectivity index (χ0n) is 9.30. The molecule has 0 aliphatic carbocycles. The van der Waals surface area contributed by atoms with Crippen molar-refractivity contribution in [2.75, 3.05) is 24.3 Å². The minimum absolute atomic E-state index is 0.0744. The molecule has 0 bridgehead atoms. The van der Waals surface area contributed by atoms with Crippen molar-refractivity contribution < 1.29 is 10.2 Å². The number of aliphatic hydroxyl groups is 2. The molecular weight excluding hydrogens is 224 g/mol. The summed E-state index contributed by atoms with van der Waals surface area (Å²) >= 11 is 0. The maximum Gasteiger partial charge on any atom is 0.224 e. The normalized spacial score (nSPS) is 11.9. The first-order valence-corrected chi connectivity index (χ1v) is 5.04. The molecule has 0 atom stereocenters. The molecule has 6 N–H and O–H groups in total. The van der Waals surface area contributed by atoms with E-state index in [1.54, 1.807) is 6.92 Å². The lowest BCUT2D eigenvalue weighted by Crippen LogP contribution is -2.42. The molecule has 0 aromatic carbocycles. The SMILES string of the molecule is CC(CO)(CO)Nc1nc(N)nc2nc[nH]c12. The molecule has 0 amide bonds. The number of nitrogens with one attached hydrogen (secondary N) is 2. The van der Waals surface area contributed by atoms with Crippen molar-refractivity contribution in [1.29, 1.82) is 0 Å². The van der Waals surface area contributed by atoms with E-state index in [0.717, 1.165) is 0 Å². The van der Waals surface area contributed by atoms with Crippen LogP contribution in [0, 0.1) is 0 Å². The van der Waals surface area contributed by atoms with Crippen LogP contribution in [0.1, 0.15) is 6.92 Å². The summed E-state index contributed by atoms with van der Waals surface area (Å²) in [7, 11) is 0. The predicted octanol–water partition coefficient (Wildman–Crippen LogP) is -0.910. The summed E-state index contributed by atoms with van der Waals surface area (Å²) in [4.78, 5) is 14.8. The number of rotatable bonds is 4. The number of aromatic nitrogens is 4. The first-order valence-electron chi connectivity index (χ1n) is 5.04. The topological polar surface area (TPSA) is 133 Å². The molecule has 0 saturated carbocycles. The highest BCUT2D eigenvalue weighted by molar-refractivity contribution is 5.83. The Morgan fingerprint density at radius 3 is 2.76 bits per heavy atom. The van der Waals surface area contributed by atoms with E-state index >= 15 is 0 Å². The van der Waals surface area contributed by atoms with E-state index in [1.807, 2.05) is 0 Å². The zero-order chi connectivity index (χ0) is 12.5. The van der Waals surface area contributed by atoms with Gasteiger partial charge in [-0.3, -0.25) is 0 Å². The number of nitrogens with zero attached hydrogens (tertiary/aromatic N) is 3. The van der Waals surface area contributed by atoms with Crippen molar-refractivity contribution in [3.8, 4) is 0 Å². The molecule has 0 saturated heterocycles. The smallest absolute Gasteiger partial charge is 0.224 e. The number of aromatic amines is 1. The van der Waals surface area contributed by atoms with Gasteiger partial charge in [0.15, 0.2) is 11.5 Å². The molecule has 0 radical (unpaired) electrons. The van der Waals surface area contributed by atoms with Gasteiger partial charge in [0.1, 0.15) is 5.52 Å². The molecule has 0 spiro atoms. The summed E-state index contributed by atoms with van der Waals surface area (Å²) in [6, 6.07) is 0. The maximum atomic E-state index is 9.22. The molecule has 2 heterocycles. The molecule has 8 heteroatoms. The average molecular weight is 238 g/mol. The van der Waals surface area contributed by atoms with Gasteiger partial charge in [0.05, 0.1) is 25.1 Å². The van der Waals surface area contributed by atoms with Gasteiger partial charge < -0.3 is 26.2 Å². The van der Waals surface area contributed by atoms with Gasteiger partial charge >= 0.3 is 0 Å². The van der Waals surface area contributed by atoms with Gasteiger partial charge in [0.25, 0.3) is 0 Å². The molecule has 17 heavy (non-hydrogen) atoms. The van der Waals surface area contributed by atoms with Crippen molar-refractivity contribution >= 4 is 22.9 Å². The first kappa shape index (κ1) is 11.6. The molecule has 2 rings (SSSR count). The summed E-state index contributed by atoms with van der Waals surface area (Å²) < 4.78 is 0. The van der Waals surface area contributed by atoms with Crippen molar-refractivity contribution in [3.63, 3.8) is 0 Å². The Morgan fingerprint density at radius 1 is 1.41 bits per heavy atom. The largest absolute Gasteiger partial charge is 0.394 e. The van der Waals surface area contributed by atoms with Crippen LogP contribution in [-0.2, 0) is 0 Å². The third-order valence-electron chi connectivity index (χ3n) is 2.42. The third-order valence-corrected chi connectivity index (χ3v) is 2.42. The van der Waals surface area contributed by atoms with Crippen LogP contribution >= 0.6 is 0 Å². The molecule has 0 fully saturated rings. The number of hydrogen-bond donors (Lipinski definition) is 5. The fraction of sp³-hybridized carbons (Fsp3) is 0.444. The van der Waals surface area contributed by atoms with Crippen LogP contribution in [0.2, 0.25) is 0 Å². The number of nitrogen functional groups attached to an aromatic ring is 1. The van der Waals surface area contributed by atoms with Crippen LogP contribution < -0.4 is 11.1 Å². The number of nitrogens with two attached hydrogens (primary N) is 1. The molecule has 0 aliphatic rings. The van der Waals surface area contributed by atoms with Crippen LogP contribution in [0.25, 0.3) is 11.2 Å². The molecule has 0 aliphatic heterocycles. The second-order valence-electron chi connectivity index (χ2n) is 4.03. The van der Waals surface area contributed by atoms with Crippen LogP contribution in [0.4, 0.5) is 11.8 Å². The highest BCUT2D eigenvalue weighted by Gasteiger charge is 2.24. The Bertz CT molecular complexity index is 521. The molecule has 8 nitrogen and oxygen atoms in total. The van der Waals surface area contributed by atoms with E-state index in [-0.39, 0.29) is 19.2 Å². The number of fused-ring (bicyclic) bond motifs is 1. The Kier molecular flexibility index (Phi) is 2.82. The standard InChI is InChI=1S/C9H14N6O2/c1-9(2-16,3-17)15-7-5-6(12-4-11-5)13-8(10)14-7/h4,16-17H,2-3H2,1H3,(H4,10,11,12,13,14,15). The maximum absolute atomic E-state index is 9.22. The van der Waals surface area contributed by atoms with Gasteiger partial charge in [-0.2, -0.15) is 9.97 Å². The first-order chi connectivity index (χ1) is 8.08. The predicted molar refractivity (Wildman–Crippen MR) is 62.3 cm³/mol. The Hall–Kier alpha value is -1.93. The van der Waals surface area contributed by atoms with Crippen LogP contribution in [0.5, 0.6) is 0 Å². The van der Waals surface area contributed by atoms with Crippen molar-refractivity contribution in [3.05, 3.63) is 6.33 Å². The number of aliphatic hydroxyl groups excluding tert-OH is 2. The quantitative estimate of drug-likeness (QED) is 0.465. The van der Waals surface area contributed by atoms with Crippen LogP contribution in [0.15, 0.2) is 6.33 Å². The lowest BCUT2D eigenvalue weighted by atomic mass is 10.1. The third kappa shape index (κ3) is 2.12. The van der Waals surface area contributed by atoms with Gasteiger partial charge in [-0.05, 0) is 6.92 Å². The second-order valence-corrected chi connectivity index (χ2v) is 4.03. The number of hydrogen-bond acceptors (Lipinski definition) is 7. The summed E-state index contributed by atoms with van der Waals surface area (Å²) in [6.45, 7) is 1.17. The summed E-state index contributed by atoms with van der Waals surface area (Å²) in [6.07, 6.45) is 1.47. The minimum atomic E-state index is -0.890. The molecular formula is C9H14N6O2. The summed E-state index contributed by atoms with van der Waals surface area (Å²) in [5.41, 5.74) is 5.66. The summed E-state index contributed by atoms with van der Waals surface area (Å²) in [5.74, 6) is 0.473. The van der Waals surface area contributed by atoms with E-state index in [1.165, 1.54) is 6.33 Å². The Balaban J connectivity index is 2.44. The second kappa shape index (κ2) is 4.15. The average Bonchev–Trinajstić information content (AvgIpc) is 2.77. The van der Waals surface area contributed by atoms with E-state index in [2.05, 4.69) is 25.3 Å².